The molecule has 10 rings (SSSR count). The van der Waals surface area contributed by atoms with E-state index >= 15 is 0 Å². The molecule has 5 heterocycles. The summed E-state index contributed by atoms with van der Waals surface area (Å²) in [7, 11) is 0. The van der Waals surface area contributed by atoms with Gasteiger partial charge in [-0.25, -0.2) is 0 Å². The van der Waals surface area contributed by atoms with Crippen LogP contribution in [-0.2, 0) is 42.6 Å². The Morgan fingerprint density at radius 1 is 0.514 bits per heavy atom. The van der Waals surface area contributed by atoms with Crippen molar-refractivity contribution in [1.82, 2.24) is 0 Å². The molecular formula is C53H88O21. The predicted molar refractivity (Wildman–Crippen MR) is 255 cm³/mol. The molecule has 10 aliphatic rings. The summed E-state index contributed by atoms with van der Waals surface area (Å²) in [6, 6.07) is 0. The lowest BCUT2D eigenvalue weighted by molar-refractivity contribution is -0.394. The van der Waals surface area contributed by atoms with Gasteiger partial charge < -0.3 is 104 Å². The molecular weight excluding hydrogens is 973 g/mol. The molecule has 0 aromatic rings. The molecule has 5 aliphatic heterocycles. The van der Waals surface area contributed by atoms with Gasteiger partial charge in [-0.15, -0.1) is 0 Å². The van der Waals surface area contributed by atoms with E-state index < -0.39 is 154 Å². The first-order valence-corrected chi connectivity index (χ1v) is 27.5. The van der Waals surface area contributed by atoms with Crippen LogP contribution in [0.2, 0.25) is 0 Å². The van der Waals surface area contributed by atoms with Crippen LogP contribution in [0.15, 0.2) is 0 Å². The molecule has 2 bridgehead atoms. The molecule has 21 heteroatoms. The highest BCUT2D eigenvalue weighted by atomic mass is 16.8. The van der Waals surface area contributed by atoms with E-state index in [2.05, 4.69) is 48.5 Å². The highest BCUT2D eigenvalue weighted by Gasteiger charge is 2.80. The summed E-state index contributed by atoms with van der Waals surface area (Å²) in [5.41, 5.74) is -1.31. The van der Waals surface area contributed by atoms with Gasteiger partial charge in [-0.2, -0.15) is 0 Å². The lowest BCUT2D eigenvalue weighted by Gasteiger charge is -2.75. The number of fused-ring (bicyclic) bond motifs is 4. The second-order valence-electron chi connectivity index (χ2n) is 26.6. The Balaban J connectivity index is 0.902. The van der Waals surface area contributed by atoms with Crippen molar-refractivity contribution >= 4 is 0 Å². The van der Waals surface area contributed by atoms with Crippen LogP contribution in [0.25, 0.3) is 0 Å². The number of hydrogen-bond acceptors (Lipinski definition) is 21. The maximum absolute atomic E-state index is 12.4. The van der Waals surface area contributed by atoms with Crippen LogP contribution in [0.1, 0.15) is 120 Å². The third kappa shape index (κ3) is 8.40. The fourth-order valence-electron chi connectivity index (χ4n) is 17.6. The van der Waals surface area contributed by atoms with E-state index in [9.17, 15) is 61.3 Å². The monoisotopic (exact) mass is 1060 g/mol. The molecule has 0 radical (unpaired) electrons. The van der Waals surface area contributed by atoms with E-state index in [1.807, 2.05) is 0 Å². The molecule has 10 fully saturated rings. The van der Waals surface area contributed by atoms with Crippen molar-refractivity contribution in [2.24, 2.45) is 50.2 Å². The van der Waals surface area contributed by atoms with Crippen molar-refractivity contribution in [3.05, 3.63) is 0 Å². The molecule has 0 unspecified atom stereocenters. The zero-order chi connectivity index (χ0) is 53.6. The molecule has 21 nitrogen and oxygen atoms in total. The lowest BCUT2D eigenvalue weighted by Crippen LogP contribution is -2.74. The maximum atomic E-state index is 12.4. The molecule has 1 spiro atoms. The highest BCUT2D eigenvalue weighted by Crippen LogP contribution is 2.80. The predicted octanol–water partition coefficient (Wildman–Crippen LogP) is -0.684. The van der Waals surface area contributed by atoms with E-state index in [-0.39, 0.29) is 38.6 Å². The maximum Gasteiger partial charge on any atom is 0.187 e. The van der Waals surface area contributed by atoms with Gasteiger partial charge in [-0.1, -0.05) is 48.5 Å². The van der Waals surface area contributed by atoms with Gasteiger partial charge in [0, 0.05) is 10.8 Å². The first-order chi connectivity index (χ1) is 34.6. The normalized spacial score (nSPS) is 57.9. The average Bonchev–Trinajstić information content (AvgIpc) is 3.63. The fraction of sp³-hybridized carbons (Fsp3) is 1.00. The van der Waals surface area contributed by atoms with E-state index in [1.165, 1.54) is 6.92 Å². The molecule has 0 aromatic heterocycles. The van der Waals surface area contributed by atoms with Gasteiger partial charge >= 0.3 is 0 Å². The van der Waals surface area contributed by atoms with Crippen LogP contribution in [0.5, 0.6) is 0 Å². The zero-order valence-corrected chi connectivity index (χ0v) is 44.3. The summed E-state index contributed by atoms with van der Waals surface area (Å²) in [5, 5.41) is 131. The number of hydrogen-bond donors (Lipinski definition) is 12. The van der Waals surface area contributed by atoms with E-state index in [0.717, 1.165) is 57.8 Å². The minimum absolute atomic E-state index is 0.124. The van der Waals surface area contributed by atoms with Gasteiger partial charge in [0.1, 0.15) is 85.5 Å². The third-order valence-electron chi connectivity index (χ3n) is 22.2. The topological polar surface area (TPSA) is 326 Å². The van der Waals surface area contributed by atoms with Crippen molar-refractivity contribution in [2.75, 3.05) is 26.4 Å². The Bertz CT molecular complexity index is 2000. The molecule has 5 saturated carbocycles. The van der Waals surface area contributed by atoms with Crippen LogP contribution < -0.4 is 0 Å². The molecule has 5 saturated heterocycles. The average molecular weight is 1060 g/mol. The molecule has 0 amide bonds. The van der Waals surface area contributed by atoms with Gasteiger partial charge in [0.15, 0.2) is 25.2 Å². The van der Waals surface area contributed by atoms with Gasteiger partial charge in [0.05, 0.1) is 50.3 Å². The Morgan fingerprint density at radius 2 is 1.11 bits per heavy atom. The Morgan fingerprint density at radius 3 is 1.77 bits per heavy atom. The van der Waals surface area contributed by atoms with Gasteiger partial charge in [-0.3, -0.25) is 0 Å². The van der Waals surface area contributed by atoms with Gasteiger partial charge in [-0.05, 0) is 111 Å². The fourth-order valence-corrected chi connectivity index (χ4v) is 17.6. The number of aliphatic hydroxyl groups is 12. The van der Waals surface area contributed by atoms with Crippen molar-refractivity contribution in [3.8, 4) is 0 Å². The zero-order valence-electron chi connectivity index (χ0n) is 44.3. The van der Waals surface area contributed by atoms with Crippen molar-refractivity contribution < 1.29 is 104 Å². The minimum atomic E-state index is -1.87. The summed E-state index contributed by atoms with van der Waals surface area (Å²) in [6.45, 7) is 16.7. The van der Waals surface area contributed by atoms with Crippen molar-refractivity contribution in [2.45, 2.75) is 254 Å². The van der Waals surface area contributed by atoms with Crippen LogP contribution in [0.3, 0.4) is 0 Å². The third-order valence-corrected chi connectivity index (χ3v) is 22.2. The van der Waals surface area contributed by atoms with Crippen LogP contribution in [0.4, 0.5) is 0 Å². The smallest absolute Gasteiger partial charge is 0.187 e. The largest absolute Gasteiger partial charge is 0.394 e. The summed E-state index contributed by atoms with van der Waals surface area (Å²) in [5.74, 6) is 0.795. The van der Waals surface area contributed by atoms with Crippen molar-refractivity contribution in [3.63, 3.8) is 0 Å². The molecule has 0 aromatic carbocycles. The van der Waals surface area contributed by atoms with E-state index in [4.69, 9.17) is 42.6 Å². The van der Waals surface area contributed by atoms with E-state index in [1.54, 1.807) is 0 Å². The Kier molecular flexibility index (Phi) is 15.0. The second-order valence-corrected chi connectivity index (χ2v) is 26.6. The summed E-state index contributed by atoms with van der Waals surface area (Å²) < 4.78 is 56.4. The van der Waals surface area contributed by atoms with Gasteiger partial charge in [0.25, 0.3) is 0 Å². The molecule has 74 heavy (non-hydrogen) atoms. The quantitative estimate of drug-likeness (QED) is 0.121. The van der Waals surface area contributed by atoms with Crippen LogP contribution >= 0.6 is 0 Å². The van der Waals surface area contributed by atoms with Crippen LogP contribution in [-0.4, -0.2) is 222 Å². The highest BCUT2D eigenvalue weighted by molar-refractivity contribution is 5.28. The summed E-state index contributed by atoms with van der Waals surface area (Å²) >= 11 is 0. The molecule has 12 N–H and O–H groups in total. The van der Waals surface area contributed by atoms with Crippen molar-refractivity contribution in [1.29, 1.82) is 0 Å². The first-order valence-electron chi connectivity index (χ1n) is 27.5. The number of aliphatic hydroxyl groups excluding tert-OH is 12. The van der Waals surface area contributed by atoms with E-state index in [0.29, 0.717) is 24.9 Å². The summed E-state index contributed by atoms with van der Waals surface area (Å²) in [4.78, 5) is 0. The van der Waals surface area contributed by atoms with Crippen LogP contribution in [0, 0.1) is 50.2 Å². The molecule has 5 aliphatic carbocycles. The number of rotatable bonds is 10. The Labute approximate surface area is 433 Å². The standard InChI is InChI=1S/C53H88O21/c1-23-32(57)36(61)39(64)43(68-23)74-42-38(63)34(59)25(20-55)70-46(42)71-26-21-66-45(41(35(26)60)73-44-40(65)37(62)33(58)24(19-54)69-44)72-31-11-12-49(6)27(48(31,4)5)9-13-50(7)28(49)10-14-53-29-17-47(2,3)15-16-52(29,22-67-53)30(56)18-51(50,53)8/h23-46,54-65H,9-22H2,1-8H3/t23-,24+,25+,26-,27-,28+,29+,30+,31-,32-,33+,34+,35-,36+,37-,38-,39+,40+,41+,42+,43-,44-,45-,46-,49-,50+,51-,52+,53-/m0/s1. The SMILES string of the molecule is C[C@@H]1O[C@@H](O[C@H]2[C@H](O[C@H]3CO[C@@H](O[C@H]4CC[C@]5(C)[C@H]6CC[C@]78OC[C@@]9(CCC(C)(C)C[C@H]97)[C@H](O)C[C@@]8(C)[C@]6(C)CC[C@H]5C4(C)C)[C@H](O[C@@H]4O[C@H](CO)[C@@H](O)[C@H](O)[C@H]4O)[C@H]3O)O[C@H](CO)[C@@H](O)[C@@H]2O)[C@H](O)[C@H](O)[C@H]1O. The second kappa shape index (κ2) is 19.7. The summed E-state index contributed by atoms with van der Waals surface area (Å²) in [6.07, 6.45) is -22.7. The van der Waals surface area contributed by atoms with Gasteiger partial charge in [0.2, 0.25) is 0 Å². The first kappa shape index (κ1) is 56.4. The lowest BCUT2D eigenvalue weighted by atomic mass is 9.30. The number of ether oxygens (including phenoxy) is 9. The Hall–Kier alpha value is -0.840. The molecule has 29 atom stereocenters. The minimum Gasteiger partial charge on any atom is -0.394 e. The molecule has 426 valence electrons.